The molecular formula is C100H129Br4Cl6N15O17. The molecular weight excluding hydrogens is 2220 g/mol. The van der Waals surface area contributed by atoms with Crippen molar-refractivity contribution in [3.05, 3.63) is 203 Å². The van der Waals surface area contributed by atoms with E-state index in [4.69, 9.17) is 93.7 Å². The highest BCUT2D eigenvalue weighted by atomic mass is 79.9. The van der Waals surface area contributed by atoms with Gasteiger partial charge in [-0.2, -0.15) is 0 Å². The molecule has 5 atom stereocenters. The Morgan fingerprint density at radius 2 is 0.739 bits per heavy atom. The fourth-order valence-electron chi connectivity index (χ4n) is 13.3. The number of carbonyl (C=O) groups excluding carboxylic acids is 8. The molecule has 5 N–H and O–H groups in total. The molecule has 0 spiro atoms. The van der Waals surface area contributed by atoms with Gasteiger partial charge < -0.3 is 59.5 Å². The number of rotatable bonds is 27. The van der Waals surface area contributed by atoms with E-state index in [-0.39, 0.29) is 101 Å². The molecule has 7 amide bonds. The SMILES string of the molecule is C=Cc1ncc(C(C)N(C(=O)OC(C)(C)C)C2CC2)cc1CCCNC(=O)OC.CC(=O)c1cnc(Cl)c(Br)c1.CC(NC1CC1)c1cnc(Cl)c(Br)c1.CC(c1cnc(Cl)c(Br)c1)N(C(=O)OC(C)(C)C)C1CC1.COC(=O)NCC#Cc1cc(C(C)N(C(=O)OC(C)(C)C)C2CC2)cnc1Cl.COC(=O)NCCCc1cc(C(C)N(C(=O)OC(C)(C)C)C2CC2)cnc1Cl.O=C(O)c1cnc(Cl)c(Br)c1. The van der Waals surface area contributed by atoms with Crippen LogP contribution in [0.2, 0.25) is 30.9 Å². The summed E-state index contributed by atoms with van der Waals surface area (Å²) in [5.41, 5.74) is 6.59. The Kier molecular flexibility index (Phi) is 49.0. The normalized spacial score (nSPS) is 14.5. The molecule has 0 saturated heterocycles. The second-order valence-corrected chi connectivity index (χ2v) is 43.4. The topological polar surface area (TPSA) is 390 Å². The van der Waals surface area contributed by atoms with Crippen LogP contribution in [0, 0.1) is 11.8 Å². The highest BCUT2D eigenvalue weighted by Gasteiger charge is 2.44. The predicted molar refractivity (Wildman–Crippen MR) is 565 cm³/mol. The number of ketones is 1. The van der Waals surface area contributed by atoms with Crippen molar-refractivity contribution >= 4 is 194 Å². The van der Waals surface area contributed by atoms with E-state index in [9.17, 15) is 43.2 Å². The first-order chi connectivity index (χ1) is 66.5. The minimum Gasteiger partial charge on any atom is -0.478 e. The van der Waals surface area contributed by atoms with Crippen molar-refractivity contribution in [1.29, 1.82) is 0 Å². The summed E-state index contributed by atoms with van der Waals surface area (Å²) in [7, 11) is 3.96. The van der Waals surface area contributed by atoms with E-state index in [0.717, 1.165) is 112 Å². The smallest absolute Gasteiger partial charge is 0.411 e. The van der Waals surface area contributed by atoms with Gasteiger partial charge in [-0.3, -0.25) is 29.4 Å². The van der Waals surface area contributed by atoms with Crippen molar-refractivity contribution in [2.45, 2.75) is 297 Å². The lowest BCUT2D eigenvalue weighted by Crippen LogP contribution is -2.40. The molecule has 7 aromatic heterocycles. The van der Waals surface area contributed by atoms with E-state index in [0.29, 0.717) is 78.7 Å². The lowest BCUT2D eigenvalue weighted by Gasteiger charge is -2.32. The number of aromatic carboxylic acids is 1. The first kappa shape index (κ1) is 122. The van der Waals surface area contributed by atoms with Gasteiger partial charge in [-0.25, -0.2) is 68.3 Å². The van der Waals surface area contributed by atoms with Gasteiger partial charge in [0.15, 0.2) is 5.78 Å². The summed E-state index contributed by atoms with van der Waals surface area (Å²) in [5.74, 6) is 4.65. The number of carboxylic acids is 1. The van der Waals surface area contributed by atoms with Crippen LogP contribution in [-0.4, -0.2) is 208 Å². The number of carbonyl (C=O) groups is 9. The third kappa shape index (κ3) is 43.3. The number of Topliss-reactive ketones (excluding diaryl/α,β-unsaturated/α-hetero) is 1. The van der Waals surface area contributed by atoms with E-state index in [1.54, 1.807) is 46.7 Å². The number of nitrogens with one attached hydrogen (secondary N) is 4. The molecule has 5 saturated carbocycles. The Labute approximate surface area is 896 Å². The van der Waals surface area contributed by atoms with Crippen molar-refractivity contribution in [3.63, 3.8) is 0 Å². The molecule has 0 bridgehead atoms. The Morgan fingerprint density at radius 1 is 0.430 bits per heavy atom. The lowest BCUT2D eigenvalue weighted by atomic mass is 10.0. The number of hydrogen-bond donors (Lipinski definition) is 5. The molecule has 142 heavy (non-hydrogen) atoms. The number of aromatic nitrogens is 7. The predicted octanol–water partition coefficient (Wildman–Crippen LogP) is 26.0. The number of methoxy groups -OCH3 is 3. The van der Waals surface area contributed by atoms with Gasteiger partial charge in [-0.1, -0.05) is 94.1 Å². The van der Waals surface area contributed by atoms with Crippen molar-refractivity contribution in [2.75, 3.05) is 41.0 Å². The second kappa shape index (κ2) is 57.2. The van der Waals surface area contributed by atoms with E-state index >= 15 is 0 Å². The van der Waals surface area contributed by atoms with Crippen LogP contribution in [0.5, 0.6) is 0 Å². The largest absolute Gasteiger partial charge is 0.478 e. The number of alkyl carbamates (subject to hydrolysis) is 3. The summed E-state index contributed by atoms with van der Waals surface area (Å²) in [6, 6.07) is 14.1. The Morgan fingerprint density at radius 3 is 1.08 bits per heavy atom. The average molecular weight is 2350 g/mol. The van der Waals surface area contributed by atoms with Crippen molar-refractivity contribution in [3.8, 4) is 11.8 Å². The minimum absolute atomic E-state index is 0.0186. The van der Waals surface area contributed by atoms with Crippen LogP contribution in [0.15, 0.2) is 110 Å². The van der Waals surface area contributed by atoms with Gasteiger partial charge in [0, 0.05) is 98.3 Å². The zero-order valence-corrected chi connectivity index (χ0v) is 94.7. The fourth-order valence-corrected chi connectivity index (χ4v) is 15.4. The molecule has 12 rings (SSSR count). The Hall–Kier alpha value is -9.00. The van der Waals surface area contributed by atoms with E-state index in [1.165, 1.54) is 65.1 Å². The summed E-state index contributed by atoms with van der Waals surface area (Å²) >= 11 is 48.3. The van der Waals surface area contributed by atoms with Gasteiger partial charge in [-0.15, -0.1) is 0 Å². The molecule has 32 nitrogen and oxygen atoms in total. The van der Waals surface area contributed by atoms with E-state index in [2.05, 4.69) is 165 Å². The number of carboxylic acid groups (broad SMARTS) is 1. The number of hydrogen-bond acceptors (Lipinski definition) is 24. The number of pyridine rings is 7. The maximum absolute atomic E-state index is 12.8. The Balaban J connectivity index is 0.000000261. The standard InChI is InChI=1S/C22H33N3O4.C20H30ClN3O4.C20H26ClN3O4.C15H20BrClN2O2.C10H12BrClN2.C7H5BrClNO.C6H3BrClNO2/c1-7-19-16(9-8-12-23-20(26)28-6)13-17(14-24-19)15(2)25(18-10-11-18)21(27)29-22(3,4)5;2*1-13(24(16-8-9-16)19(26)28-20(2,3)4)15-11-14(17(21)23-12-15)7-6-10-22-18(25)27-5;1-9(10-7-12(16)13(17)18-8-10)19(11-5-6-11)14(20)21-15(2,3)4;1-6(14-8-2-3-8)7-4-9(11)10(12)13-5-7;1-4(11)5-2-6(8)7(9)10-3-5;7-4-1-3(6(10)11)2-9-5(4)8/h7,13-15,18H,1,8-12H2,2-6H3,(H,23,26);11-13,16H,6-10H2,1-5H3,(H,22,25);11-13,16H,8-10H2,1-5H3,(H,22,25);7-9,11H,5-6H2,1-4H3;4-6,8,14H,2-3H2,1H3;2-3H,1H3;1-2H,(H,10,11). The number of ether oxygens (including phenoxy) is 7. The third-order valence-corrected chi connectivity index (χ3v) is 26.3. The van der Waals surface area contributed by atoms with Crippen LogP contribution in [0.4, 0.5) is 33.6 Å². The average Bonchev–Trinajstić information content (AvgIpc) is 1.60. The highest BCUT2D eigenvalue weighted by molar-refractivity contribution is 9.11. The lowest BCUT2D eigenvalue weighted by molar-refractivity contribution is 0.0142. The zero-order valence-electron chi connectivity index (χ0n) is 83.8. The second-order valence-electron chi connectivity index (χ2n) is 37.8. The van der Waals surface area contributed by atoms with E-state index in [1.807, 2.05) is 151 Å². The molecule has 7 aromatic rings. The first-order valence-electron chi connectivity index (χ1n) is 46.1. The van der Waals surface area contributed by atoms with Crippen LogP contribution in [0.25, 0.3) is 6.08 Å². The number of amides is 7. The van der Waals surface area contributed by atoms with Gasteiger partial charge in [0.1, 0.15) is 53.3 Å². The summed E-state index contributed by atoms with van der Waals surface area (Å²) in [4.78, 5) is 141. The maximum atomic E-state index is 12.8. The van der Waals surface area contributed by atoms with Gasteiger partial charge in [0.2, 0.25) is 0 Å². The van der Waals surface area contributed by atoms with Crippen LogP contribution in [0.1, 0.15) is 303 Å². The molecule has 0 aliphatic heterocycles. The molecule has 0 radical (unpaired) electrons. The highest BCUT2D eigenvalue weighted by Crippen LogP contribution is 2.42. The van der Waals surface area contributed by atoms with Crippen LogP contribution in [-0.2, 0) is 46.0 Å². The zero-order chi connectivity index (χ0) is 106. The molecule has 5 aliphatic carbocycles. The van der Waals surface area contributed by atoms with E-state index < -0.39 is 46.7 Å². The van der Waals surface area contributed by atoms with Crippen LogP contribution >= 0.6 is 133 Å². The van der Waals surface area contributed by atoms with Crippen molar-refractivity contribution in [2.24, 2.45) is 0 Å². The minimum atomic E-state index is -1.02. The van der Waals surface area contributed by atoms with Gasteiger partial charge >= 0.3 is 48.6 Å². The van der Waals surface area contributed by atoms with Crippen LogP contribution < -0.4 is 21.3 Å². The maximum Gasteiger partial charge on any atom is 0.411 e. The van der Waals surface area contributed by atoms with Gasteiger partial charge in [0.25, 0.3) is 0 Å². The Bertz CT molecular complexity index is 5490. The molecule has 7 heterocycles. The number of halogens is 10. The van der Waals surface area contributed by atoms with Crippen molar-refractivity contribution in [1.82, 2.24) is 75.8 Å². The fraction of sp³-hybridized carbons (Fsp3) is 0.520. The quantitative estimate of drug-likeness (QED) is 0.0105. The van der Waals surface area contributed by atoms with Crippen LogP contribution in [0.3, 0.4) is 0 Å². The molecule has 776 valence electrons. The number of aryl methyl sites for hydroxylation is 2. The summed E-state index contributed by atoms with van der Waals surface area (Å²) < 4.78 is 38.7. The summed E-state index contributed by atoms with van der Waals surface area (Å²) in [6.45, 7) is 38.9. The van der Waals surface area contributed by atoms with Gasteiger partial charge in [0.05, 0.1) is 86.8 Å². The summed E-state index contributed by atoms with van der Waals surface area (Å²) in [5, 5.41) is 22.1. The molecule has 5 unspecified atom stereocenters. The molecule has 5 aliphatic rings. The monoisotopic (exact) mass is 2340 g/mol. The van der Waals surface area contributed by atoms with Gasteiger partial charge in [-0.05, 0) is 360 Å². The van der Waals surface area contributed by atoms with Crippen molar-refractivity contribution < 1.29 is 81.4 Å². The molecule has 0 aromatic carbocycles. The molecule has 5 fully saturated rings. The summed E-state index contributed by atoms with van der Waals surface area (Å²) in [6.07, 6.45) is 23.8. The number of nitrogens with zero attached hydrogens (tertiary/aromatic N) is 11. The molecule has 42 heteroatoms. The first-order valence-corrected chi connectivity index (χ1v) is 51.6. The third-order valence-electron chi connectivity index (χ3n) is 21.1.